The van der Waals surface area contributed by atoms with E-state index in [0.29, 0.717) is 5.56 Å². The minimum atomic E-state index is 0.00872. The lowest BCUT2D eigenvalue weighted by atomic mass is 9.99. The molecule has 0 unspecified atom stereocenters. The molecule has 1 N–H and O–H groups in total. The van der Waals surface area contributed by atoms with Gasteiger partial charge in [0.2, 0.25) is 0 Å². The Labute approximate surface area is 143 Å². The Balaban J connectivity index is 1.78. The quantitative estimate of drug-likeness (QED) is 0.940. The van der Waals surface area contributed by atoms with Gasteiger partial charge in [0.15, 0.2) is 0 Å². The number of aliphatic hydroxyl groups is 1. The summed E-state index contributed by atoms with van der Waals surface area (Å²) in [6.07, 6.45) is 1.03. The van der Waals surface area contributed by atoms with Crippen LogP contribution in [0, 0.1) is 0 Å². The van der Waals surface area contributed by atoms with Crippen LogP contribution in [0.15, 0.2) is 48.5 Å². The van der Waals surface area contributed by atoms with E-state index in [1.165, 1.54) is 0 Å². The average Bonchev–Trinajstić information content (AvgIpc) is 3.07. The van der Waals surface area contributed by atoms with Gasteiger partial charge in [-0.3, -0.25) is 4.79 Å². The van der Waals surface area contributed by atoms with Crippen molar-refractivity contribution in [3.8, 4) is 11.1 Å². The summed E-state index contributed by atoms with van der Waals surface area (Å²) in [5, 5.41) is 9.47. The number of aliphatic hydroxyl groups excluding tert-OH is 1. The monoisotopic (exact) mass is 324 g/mol. The summed E-state index contributed by atoms with van der Waals surface area (Å²) in [5.74, 6) is 0.0669. The SMILES string of the molecule is CN1CC[C@@H](N(C)C(=O)c2ccc(-c3ccccc3CO)cc2)C1. The Morgan fingerprint density at radius 3 is 2.54 bits per heavy atom. The molecule has 1 saturated heterocycles. The van der Waals surface area contributed by atoms with Crippen LogP contribution in [0.2, 0.25) is 0 Å². The molecule has 0 aliphatic carbocycles. The summed E-state index contributed by atoms with van der Waals surface area (Å²) in [6.45, 7) is 1.98. The fourth-order valence-corrected chi connectivity index (χ4v) is 3.33. The molecule has 4 nitrogen and oxygen atoms in total. The Morgan fingerprint density at radius 1 is 1.21 bits per heavy atom. The predicted octanol–water partition coefficient (Wildman–Crippen LogP) is 2.62. The van der Waals surface area contributed by atoms with Crippen molar-refractivity contribution in [1.82, 2.24) is 9.80 Å². The zero-order valence-corrected chi connectivity index (χ0v) is 14.3. The minimum absolute atomic E-state index is 0.00872. The molecule has 2 aromatic carbocycles. The molecule has 0 radical (unpaired) electrons. The standard InChI is InChI=1S/C20H24N2O2/c1-21-12-11-18(13-21)22(2)20(24)16-9-7-15(8-10-16)19-6-4-3-5-17(19)14-23/h3-10,18,23H,11-14H2,1-2H3/t18-/m1/s1. The molecule has 24 heavy (non-hydrogen) atoms. The molecule has 3 rings (SSSR count). The van der Waals surface area contributed by atoms with E-state index < -0.39 is 0 Å². The molecule has 4 heteroatoms. The molecule has 1 amide bonds. The van der Waals surface area contributed by atoms with Crippen molar-refractivity contribution < 1.29 is 9.90 Å². The van der Waals surface area contributed by atoms with Gasteiger partial charge in [-0.05, 0) is 48.8 Å². The highest BCUT2D eigenvalue weighted by Crippen LogP contribution is 2.25. The molecule has 1 aliphatic rings. The Kier molecular flexibility index (Phi) is 4.97. The maximum atomic E-state index is 12.7. The lowest BCUT2D eigenvalue weighted by molar-refractivity contribution is 0.0737. The fourth-order valence-electron chi connectivity index (χ4n) is 3.33. The van der Waals surface area contributed by atoms with Crippen molar-refractivity contribution in [3.63, 3.8) is 0 Å². The number of likely N-dealkylation sites (tertiary alicyclic amines) is 1. The molecule has 1 fully saturated rings. The van der Waals surface area contributed by atoms with Crippen LogP contribution >= 0.6 is 0 Å². The van der Waals surface area contributed by atoms with E-state index in [0.717, 1.165) is 36.2 Å². The van der Waals surface area contributed by atoms with Crippen LogP contribution in [0.1, 0.15) is 22.3 Å². The normalized spacial score (nSPS) is 17.9. The van der Waals surface area contributed by atoms with Crippen LogP contribution in [-0.2, 0) is 6.61 Å². The second-order valence-corrected chi connectivity index (χ2v) is 6.51. The van der Waals surface area contributed by atoms with Crippen LogP contribution < -0.4 is 0 Å². The molecular weight excluding hydrogens is 300 g/mol. The number of carbonyl (C=O) groups is 1. The van der Waals surface area contributed by atoms with E-state index in [4.69, 9.17) is 0 Å². The summed E-state index contributed by atoms with van der Waals surface area (Å²) in [4.78, 5) is 16.8. The summed E-state index contributed by atoms with van der Waals surface area (Å²) in [7, 11) is 3.98. The highest BCUT2D eigenvalue weighted by atomic mass is 16.3. The molecule has 0 spiro atoms. The highest BCUT2D eigenvalue weighted by Gasteiger charge is 2.26. The molecule has 1 aliphatic heterocycles. The molecule has 0 aromatic heterocycles. The minimum Gasteiger partial charge on any atom is -0.392 e. The first-order valence-electron chi connectivity index (χ1n) is 8.35. The van der Waals surface area contributed by atoms with Crippen molar-refractivity contribution >= 4 is 5.91 Å². The van der Waals surface area contributed by atoms with Crippen molar-refractivity contribution in [2.45, 2.75) is 19.1 Å². The Hall–Kier alpha value is -2.17. The first kappa shape index (κ1) is 16.7. The highest BCUT2D eigenvalue weighted by molar-refractivity contribution is 5.94. The van der Waals surface area contributed by atoms with Crippen molar-refractivity contribution in [1.29, 1.82) is 0 Å². The smallest absolute Gasteiger partial charge is 0.253 e. The van der Waals surface area contributed by atoms with Gasteiger partial charge in [0.05, 0.1) is 6.61 Å². The molecular formula is C20H24N2O2. The van der Waals surface area contributed by atoms with Crippen molar-refractivity contribution in [3.05, 3.63) is 59.7 Å². The van der Waals surface area contributed by atoms with Gasteiger partial charge in [-0.1, -0.05) is 36.4 Å². The van der Waals surface area contributed by atoms with E-state index in [2.05, 4.69) is 11.9 Å². The van der Waals surface area contributed by atoms with E-state index >= 15 is 0 Å². The number of carbonyl (C=O) groups excluding carboxylic acids is 1. The third kappa shape index (κ3) is 3.35. The van der Waals surface area contributed by atoms with Crippen LogP contribution in [0.3, 0.4) is 0 Å². The largest absolute Gasteiger partial charge is 0.392 e. The Morgan fingerprint density at radius 2 is 1.92 bits per heavy atom. The average molecular weight is 324 g/mol. The molecule has 1 heterocycles. The second-order valence-electron chi connectivity index (χ2n) is 6.51. The van der Waals surface area contributed by atoms with Gasteiger partial charge < -0.3 is 14.9 Å². The second kappa shape index (κ2) is 7.16. The van der Waals surface area contributed by atoms with Crippen LogP contribution in [-0.4, -0.2) is 54.0 Å². The summed E-state index contributed by atoms with van der Waals surface area (Å²) >= 11 is 0. The van der Waals surface area contributed by atoms with Gasteiger partial charge in [0.1, 0.15) is 0 Å². The summed E-state index contributed by atoms with van der Waals surface area (Å²) in [5.41, 5.74) is 3.61. The topological polar surface area (TPSA) is 43.8 Å². The van der Waals surface area contributed by atoms with Crippen LogP contribution in [0.4, 0.5) is 0 Å². The molecule has 1 atom stereocenters. The van der Waals surface area contributed by atoms with Crippen LogP contribution in [0.25, 0.3) is 11.1 Å². The number of benzene rings is 2. The summed E-state index contributed by atoms with van der Waals surface area (Å²) < 4.78 is 0. The number of amides is 1. The predicted molar refractivity (Wildman–Crippen MR) is 95.8 cm³/mol. The summed E-state index contributed by atoms with van der Waals surface area (Å²) in [6, 6.07) is 15.7. The third-order valence-electron chi connectivity index (χ3n) is 4.87. The fraction of sp³-hybridized carbons (Fsp3) is 0.350. The molecule has 2 aromatic rings. The van der Waals surface area contributed by atoms with Gasteiger partial charge in [0, 0.05) is 25.2 Å². The third-order valence-corrected chi connectivity index (χ3v) is 4.87. The van der Waals surface area contributed by atoms with Crippen molar-refractivity contribution in [2.75, 3.05) is 27.2 Å². The number of rotatable bonds is 4. The van der Waals surface area contributed by atoms with Gasteiger partial charge in [-0.2, -0.15) is 0 Å². The maximum Gasteiger partial charge on any atom is 0.253 e. The maximum absolute atomic E-state index is 12.7. The molecule has 0 saturated carbocycles. The van der Waals surface area contributed by atoms with E-state index in [9.17, 15) is 9.90 Å². The number of hydrogen-bond acceptors (Lipinski definition) is 3. The van der Waals surface area contributed by atoms with Gasteiger partial charge in [-0.25, -0.2) is 0 Å². The molecule has 0 bridgehead atoms. The van der Waals surface area contributed by atoms with Crippen LogP contribution in [0.5, 0.6) is 0 Å². The number of likely N-dealkylation sites (N-methyl/N-ethyl adjacent to an activating group) is 2. The molecule has 126 valence electrons. The van der Waals surface area contributed by atoms with Gasteiger partial charge in [-0.15, -0.1) is 0 Å². The first-order chi connectivity index (χ1) is 11.6. The number of nitrogens with zero attached hydrogens (tertiary/aromatic N) is 2. The lowest BCUT2D eigenvalue weighted by Gasteiger charge is -2.24. The van der Waals surface area contributed by atoms with E-state index in [-0.39, 0.29) is 18.6 Å². The van der Waals surface area contributed by atoms with Gasteiger partial charge >= 0.3 is 0 Å². The van der Waals surface area contributed by atoms with Gasteiger partial charge in [0.25, 0.3) is 5.91 Å². The van der Waals surface area contributed by atoms with E-state index in [1.807, 2.05) is 60.5 Å². The van der Waals surface area contributed by atoms with E-state index in [1.54, 1.807) is 0 Å². The lowest BCUT2D eigenvalue weighted by Crippen LogP contribution is -2.38. The zero-order chi connectivity index (χ0) is 17.1. The zero-order valence-electron chi connectivity index (χ0n) is 14.3. The Bertz CT molecular complexity index is 712. The first-order valence-corrected chi connectivity index (χ1v) is 8.35. The number of hydrogen-bond donors (Lipinski definition) is 1. The van der Waals surface area contributed by atoms with Crippen molar-refractivity contribution in [2.24, 2.45) is 0 Å².